The number of nitrogens with two attached hydrogens (primary N) is 1. The zero-order valence-electron chi connectivity index (χ0n) is 7.55. The van der Waals surface area contributed by atoms with E-state index in [2.05, 4.69) is 11.9 Å². The molecular formula is C9H16N2O. The summed E-state index contributed by atoms with van der Waals surface area (Å²) < 4.78 is 5.48. The van der Waals surface area contributed by atoms with Crippen molar-refractivity contribution in [3.8, 4) is 0 Å². The molecule has 0 spiro atoms. The van der Waals surface area contributed by atoms with E-state index in [0.717, 1.165) is 18.9 Å². The second-order valence-electron chi connectivity index (χ2n) is 4.21. The van der Waals surface area contributed by atoms with Gasteiger partial charge in [-0.1, -0.05) is 19.3 Å². The molecule has 12 heavy (non-hydrogen) atoms. The smallest absolute Gasteiger partial charge is 0.282 e. The van der Waals surface area contributed by atoms with Crippen molar-refractivity contribution in [2.45, 2.75) is 38.2 Å². The summed E-state index contributed by atoms with van der Waals surface area (Å²) in [5.41, 5.74) is 5.39. The van der Waals surface area contributed by atoms with Gasteiger partial charge in [0.25, 0.3) is 6.02 Å². The van der Waals surface area contributed by atoms with E-state index in [-0.39, 0.29) is 5.60 Å². The van der Waals surface area contributed by atoms with Crippen molar-refractivity contribution in [3.63, 3.8) is 0 Å². The van der Waals surface area contributed by atoms with Crippen molar-refractivity contribution in [1.29, 1.82) is 0 Å². The molecule has 2 N–H and O–H groups in total. The third-order valence-corrected chi connectivity index (χ3v) is 2.87. The number of rotatable bonds is 2. The maximum Gasteiger partial charge on any atom is 0.282 e. The summed E-state index contributed by atoms with van der Waals surface area (Å²) in [6.07, 6.45) is 5.23. The third-order valence-electron chi connectivity index (χ3n) is 2.87. The minimum absolute atomic E-state index is 0.0881. The highest BCUT2D eigenvalue weighted by Gasteiger charge is 2.36. The number of hydrogen-bond donors (Lipinski definition) is 1. The Morgan fingerprint density at radius 3 is 2.83 bits per heavy atom. The molecule has 0 saturated heterocycles. The Balaban J connectivity index is 1.86. The Morgan fingerprint density at radius 2 is 2.42 bits per heavy atom. The summed E-state index contributed by atoms with van der Waals surface area (Å²) in [5.74, 6) is 0.857. The first-order chi connectivity index (χ1) is 5.68. The van der Waals surface area contributed by atoms with Crippen LogP contribution in [0, 0.1) is 5.92 Å². The van der Waals surface area contributed by atoms with Gasteiger partial charge in [0.2, 0.25) is 0 Å². The van der Waals surface area contributed by atoms with Gasteiger partial charge in [0.1, 0.15) is 5.60 Å². The number of aliphatic imine (C=N–C) groups is 1. The Labute approximate surface area is 73.0 Å². The standard InChI is InChI=1S/C9H16N2O/c1-9(5-7-3-2-4-7)6-11-8(10)12-9/h7H,2-6H2,1H3,(H2,10,11). The van der Waals surface area contributed by atoms with Crippen LogP contribution in [-0.4, -0.2) is 18.2 Å². The molecule has 2 rings (SSSR count). The van der Waals surface area contributed by atoms with Gasteiger partial charge in [0, 0.05) is 0 Å². The van der Waals surface area contributed by atoms with Gasteiger partial charge in [-0.25, -0.2) is 4.99 Å². The molecule has 1 heterocycles. The Kier molecular flexibility index (Phi) is 1.74. The van der Waals surface area contributed by atoms with Crippen LogP contribution in [0.3, 0.4) is 0 Å². The van der Waals surface area contributed by atoms with E-state index in [4.69, 9.17) is 10.5 Å². The van der Waals surface area contributed by atoms with Gasteiger partial charge in [-0.3, -0.25) is 0 Å². The Hall–Kier alpha value is -0.730. The van der Waals surface area contributed by atoms with Crippen LogP contribution in [0.4, 0.5) is 0 Å². The maximum absolute atomic E-state index is 5.48. The highest BCUT2D eigenvalue weighted by molar-refractivity contribution is 5.73. The summed E-state index contributed by atoms with van der Waals surface area (Å²) in [6.45, 7) is 2.85. The van der Waals surface area contributed by atoms with Gasteiger partial charge in [0.05, 0.1) is 6.54 Å². The molecule has 0 amide bonds. The SMILES string of the molecule is CC1(CC2CCC2)CN=C(N)O1. The summed E-state index contributed by atoms with van der Waals surface area (Å²) in [6, 6.07) is 0.372. The summed E-state index contributed by atoms with van der Waals surface area (Å²) >= 11 is 0. The van der Waals surface area contributed by atoms with Gasteiger partial charge in [-0.15, -0.1) is 0 Å². The molecule has 1 aliphatic heterocycles. The van der Waals surface area contributed by atoms with Gasteiger partial charge < -0.3 is 10.5 Å². The van der Waals surface area contributed by atoms with Crippen molar-refractivity contribution in [2.75, 3.05) is 6.54 Å². The van der Waals surface area contributed by atoms with Crippen molar-refractivity contribution < 1.29 is 4.74 Å². The first-order valence-corrected chi connectivity index (χ1v) is 4.67. The first kappa shape index (κ1) is 7.90. The molecular weight excluding hydrogens is 152 g/mol. The lowest BCUT2D eigenvalue weighted by atomic mass is 9.78. The fourth-order valence-electron chi connectivity index (χ4n) is 1.98. The van der Waals surface area contributed by atoms with E-state index in [0.29, 0.717) is 6.02 Å². The van der Waals surface area contributed by atoms with E-state index in [1.165, 1.54) is 19.3 Å². The molecule has 0 radical (unpaired) electrons. The lowest BCUT2D eigenvalue weighted by Crippen LogP contribution is -2.35. The van der Waals surface area contributed by atoms with Crippen LogP contribution >= 0.6 is 0 Å². The van der Waals surface area contributed by atoms with Gasteiger partial charge >= 0.3 is 0 Å². The molecule has 0 aromatic rings. The van der Waals surface area contributed by atoms with E-state index >= 15 is 0 Å². The van der Waals surface area contributed by atoms with Gasteiger partial charge in [0.15, 0.2) is 0 Å². The highest BCUT2D eigenvalue weighted by atomic mass is 16.5. The maximum atomic E-state index is 5.48. The third kappa shape index (κ3) is 1.40. The zero-order chi connectivity index (χ0) is 8.60. The summed E-state index contributed by atoms with van der Waals surface area (Å²) in [4.78, 5) is 4.07. The minimum Gasteiger partial charge on any atom is -0.457 e. The zero-order valence-corrected chi connectivity index (χ0v) is 7.55. The molecule has 1 aliphatic carbocycles. The average Bonchev–Trinajstić information content (AvgIpc) is 2.24. The Morgan fingerprint density at radius 1 is 1.67 bits per heavy atom. The van der Waals surface area contributed by atoms with E-state index in [1.807, 2.05) is 0 Å². The molecule has 1 fully saturated rings. The molecule has 2 aliphatic rings. The normalized spacial score (nSPS) is 35.6. The van der Waals surface area contributed by atoms with Crippen molar-refractivity contribution in [1.82, 2.24) is 0 Å². The van der Waals surface area contributed by atoms with Crippen LogP contribution in [0.5, 0.6) is 0 Å². The lowest BCUT2D eigenvalue weighted by Gasteiger charge is -2.33. The molecule has 1 saturated carbocycles. The second kappa shape index (κ2) is 2.64. The van der Waals surface area contributed by atoms with Crippen molar-refractivity contribution in [2.24, 2.45) is 16.6 Å². The molecule has 0 aromatic carbocycles. The first-order valence-electron chi connectivity index (χ1n) is 4.67. The van der Waals surface area contributed by atoms with Crippen LogP contribution in [0.25, 0.3) is 0 Å². The van der Waals surface area contributed by atoms with E-state index in [9.17, 15) is 0 Å². The monoisotopic (exact) mass is 168 g/mol. The lowest BCUT2D eigenvalue weighted by molar-refractivity contribution is 0.0588. The molecule has 68 valence electrons. The fraction of sp³-hybridized carbons (Fsp3) is 0.889. The van der Waals surface area contributed by atoms with Gasteiger partial charge in [-0.05, 0) is 19.3 Å². The number of amidine groups is 1. The van der Waals surface area contributed by atoms with Gasteiger partial charge in [-0.2, -0.15) is 0 Å². The predicted molar refractivity (Wildman–Crippen MR) is 47.9 cm³/mol. The molecule has 0 aromatic heterocycles. The fourth-order valence-corrected chi connectivity index (χ4v) is 1.98. The number of ether oxygens (including phenoxy) is 1. The molecule has 1 unspecified atom stereocenters. The highest BCUT2D eigenvalue weighted by Crippen LogP contribution is 2.36. The molecule has 0 bridgehead atoms. The van der Waals surface area contributed by atoms with Crippen LogP contribution in [0.1, 0.15) is 32.6 Å². The van der Waals surface area contributed by atoms with Crippen molar-refractivity contribution in [3.05, 3.63) is 0 Å². The van der Waals surface area contributed by atoms with Crippen LogP contribution in [-0.2, 0) is 4.74 Å². The predicted octanol–water partition coefficient (Wildman–Crippen LogP) is 1.28. The Bertz CT molecular complexity index is 211. The summed E-state index contributed by atoms with van der Waals surface area (Å²) in [5, 5.41) is 0. The van der Waals surface area contributed by atoms with E-state index in [1.54, 1.807) is 0 Å². The second-order valence-corrected chi connectivity index (χ2v) is 4.21. The molecule has 1 atom stereocenters. The van der Waals surface area contributed by atoms with Crippen LogP contribution in [0.15, 0.2) is 4.99 Å². The number of hydrogen-bond acceptors (Lipinski definition) is 3. The number of nitrogens with zero attached hydrogens (tertiary/aromatic N) is 1. The molecule has 3 heteroatoms. The topological polar surface area (TPSA) is 47.6 Å². The van der Waals surface area contributed by atoms with E-state index < -0.39 is 0 Å². The van der Waals surface area contributed by atoms with Crippen LogP contribution < -0.4 is 5.73 Å². The largest absolute Gasteiger partial charge is 0.457 e. The average molecular weight is 168 g/mol. The minimum atomic E-state index is -0.0881. The summed E-state index contributed by atoms with van der Waals surface area (Å²) in [7, 11) is 0. The van der Waals surface area contributed by atoms with Crippen molar-refractivity contribution >= 4 is 6.02 Å². The molecule has 3 nitrogen and oxygen atoms in total. The quantitative estimate of drug-likeness (QED) is 0.675. The van der Waals surface area contributed by atoms with Crippen LogP contribution in [0.2, 0.25) is 0 Å².